The quantitative estimate of drug-likeness (QED) is 0.518. The second kappa shape index (κ2) is 8.98. The van der Waals surface area contributed by atoms with Crippen LogP contribution in [-0.2, 0) is 6.54 Å². The van der Waals surface area contributed by atoms with Gasteiger partial charge < -0.3 is 15.4 Å². The lowest BCUT2D eigenvalue weighted by Crippen LogP contribution is -2.41. The van der Waals surface area contributed by atoms with Gasteiger partial charge in [0, 0.05) is 25.2 Å². The summed E-state index contributed by atoms with van der Waals surface area (Å²) in [6, 6.07) is 16.1. The number of halogens is 1. The number of aliphatic imine (C=N–C) groups is 1. The van der Waals surface area contributed by atoms with Crippen molar-refractivity contribution in [1.82, 2.24) is 15.6 Å². The zero-order valence-electron chi connectivity index (χ0n) is 15.4. The van der Waals surface area contributed by atoms with Gasteiger partial charge in [-0.15, -0.1) is 0 Å². The lowest BCUT2D eigenvalue weighted by Gasteiger charge is -2.18. The average molecular weight is 366 g/mol. The van der Waals surface area contributed by atoms with Gasteiger partial charge in [-0.2, -0.15) is 0 Å². The molecule has 2 N–H and O–H groups in total. The van der Waals surface area contributed by atoms with Crippen LogP contribution in [0.1, 0.15) is 12.5 Å². The summed E-state index contributed by atoms with van der Waals surface area (Å²) in [5, 5.41) is 7.68. The molecule has 3 rings (SSSR count). The van der Waals surface area contributed by atoms with E-state index in [1.807, 2.05) is 37.4 Å². The highest BCUT2D eigenvalue weighted by Crippen LogP contribution is 2.16. The van der Waals surface area contributed by atoms with E-state index in [9.17, 15) is 4.39 Å². The van der Waals surface area contributed by atoms with Gasteiger partial charge in [0.05, 0.1) is 12.1 Å². The topological polar surface area (TPSA) is 58.5 Å². The zero-order valence-corrected chi connectivity index (χ0v) is 15.4. The molecule has 0 saturated carbocycles. The molecule has 140 valence electrons. The van der Waals surface area contributed by atoms with Crippen molar-refractivity contribution >= 4 is 16.9 Å². The van der Waals surface area contributed by atoms with Crippen molar-refractivity contribution in [1.29, 1.82) is 0 Å². The molecule has 1 unspecified atom stereocenters. The predicted octanol–water partition coefficient (Wildman–Crippen LogP) is 3.51. The molecule has 2 aromatic carbocycles. The maximum absolute atomic E-state index is 13.0. The summed E-state index contributed by atoms with van der Waals surface area (Å²) in [6.07, 6.45) is 1.71. The maximum atomic E-state index is 13.0. The highest BCUT2D eigenvalue weighted by atomic mass is 19.1. The number of benzene rings is 2. The summed E-state index contributed by atoms with van der Waals surface area (Å²) in [7, 11) is 1.73. The van der Waals surface area contributed by atoms with E-state index in [1.165, 1.54) is 12.1 Å². The molecule has 0 bridgehead atoms. The van der Waals surface area contributed by atoms with Crippen molar-refractivity contribution in [3.63, 3.8) is 0 Å². The molecule has 27 heavy (non-hydrogen) atoms. The van der Waals surface area contributed by atoms with Crippen molar-refractivity contribution in [2.45, 2.75) is 19.6 Å². The Hall–Kier alpha value is -3.15. The number of hydrogen-bond acceptors (Lipinski definition) is 3. The Labute approximate surface area is 158 Å². The van der Waals surface area contributed by atoms with E-state index in [0.717, 1.165) is 16.5 Å². The minimum atomic E-state index is -0.277. The van der Waals surface area contributed by atoms with Gasteiger partial charge in [0.25, 0.3) is 0 Å². The first-order chi connectivity index (χ1) is 13.2. The van der Waals surface area contributed by atoms with E-state index in [2.05, 4.69) is 26.7 Å². The number of rotatable bonds is 6. The van der Waals surface area contributed by atoms with Crippen molar-refractivity contribution in [3.05, 3.63) is 72.2 Å². The minimum absolute atomic E-state index is 0.101. The third-order valence-corrected chi connectivity index (χ3v) is 4.12. The summed E-state index contributed by atoms with van der Waals surface area (Å²) in [4.78, 5) is 8.63. The Balaban J connectivity index is 1.52. The van der Waals surface area contributed by atoms with Gasteiger partial charge >= 0.3 is 0 Å². The Morgan fingerprint density at radius 1 is 1.11 bits per heavy atom. The first-order valence-corrected chi connectivity index (χ1v) is 8.85. The molecule has 0 amide bonds. The van der Waals surface area contributed by atoms with Gasteiger partial charge in [0.1, 0.15) is 17.7 Å². The molecule has 0 radical (unpaired) electrons. The zero-order chi connectivity index (χ0) is 19.1. The molecule has 0 saturated heterocycles. The first-order valence-electron chi connectivity index (χ1n) is 8.85. The SMILES string of the molecule is CN=C(NCc1ccnc2ccccc12)NCC(C)Oc1ccc(F)cc1. The fourth-order valence-corrected chi connectivity index (χ4v) is 2.74. The van der Waals surface area contributed by atoms with Gasteiger partial charge in [0.15, 0.2) is 5.96 Å². The number of fused-ring (bicyclic) bond motifs is 1. The van der Waals surface area contributed by atoms with Crippen molar-refractivity contribution in [2.75, 3.05) is 13.6 Å². The number of nitrogens with zero attached hydrogens (tertiary/aromatic N) is 2. The Kier molecular flexibility index (Phi) is 6.20. The van der Waals surface area contributed by atoms with E-state index in [4.69, 9.17) is 4.74 Å². The molecule has 0 aliphatic heterocycles. The van der Waals surface area contributed by atoms with E-state index in [-0.39, 0.29) is 11.9 Å². The molecule has 0 aliphatic rings. The van der Waals surface area contributed by atoms with Crippen LogP contribution in [0.5, 0.6) is 5.75 Å². The standard InChI is InChI=1S/C21H23FN4O/c1-15(27-18-9-7-17(22)8-10-18)13-25-21(23-2)26-14-16-11-12-24-20-6-4-3-5-19(16)20/h3-12,15H,13-14H2,1-2H3,(H2,23,25,26). The van der Waals surface area contributed by atoms with Crippen LogP contribution in [0.15, 0.2) is 65.8 Å². The summed E-state index contributed by atoms with van der Waals surface area (Å²) in [5.74, 6) is 1.05. The molecule has 1 heterocycles. The number of hydrogen-bond donors (Lipinski definition) is 2. The van der Waals surface area contributed by atoms with Crippen LogP contribution in [0.3, 0.4) is 0 Å². The van der Waals surface area contributed by atoms with E-state index in [1.54, 1.807) is 19.2 Å². The van der Waals surface area contributed by atoms with Crippen LogP contribution in [0.2, 0.25) is 0 Å². The lowest BCUT2D eigenvalue weighted by molar-refractivity contribution is 0.223. The number of pyridine rings is 1. The first kappa shape index (κ1) is 18.6. The third kappa shape index (κ3) is 5.17. The summed E-state index contributed by atoms with van der Waals surface area (Å²) < 4.78 is 18.7. The smallest absolute Gasteiger partial charge is 0.191 e. The van der Waals surface area contributed by atoms with Crippen molar-refractivity contribution < 1.29 is 9.13 Å². The third-order valence-electron chi connectivity index (χ3n) is 4.12. The molecule has 0 aliphatic carbocycles. The molecule has 5 nitrogen and oxygen atoms in total. The van der Waals surface area contributed by atoms with Gasteiger partial charge in [-0.1, -0.05) is 18.2 Å². The normalized spacial score (nSPS) is 12.6. The summed E-state index contributed by atoms with van der Waals surface area (Å²) in [6.45, 7) is 3.14. The Morgan fingerprint density at radius 3 is 2.67 bits per heavy atom. The molecule has 1 atom stereocenters. The van der Waals surface area contributed by atoms with Gasteiger partial charge in [-0.25, -0.2) is 4.39 Å². The van der Waals surface area contributed by atoms with Crippen LogP contribution in [0, 0.1) is 5.82 Å². The van der Waals surface area contributed by atoms with Crippen LogP contribution in [0.25, 0.3) is 10.9 Å². The molecular formula is C21H23FN4O. The number of nitrogens with one attached hydrogen (secondary N) is 2. The van der Waals surface area contributed by atoms with Crippen LogP contribution >= 0.6 is 0 Å². The second-order valence-corrected chi connectivity index (χ2v) is 6.18. The van der Waals surface area contributed by atoms with Gasteiger partial charge in [-0.3, -0.25) is 9.98 Å². The van der Waals surface area contributed by atoms with Crippen molar-refractivity contribution in [2.24, 2.45) is 4.99 Å². The molecule has 3 aromatic rings. The molecule has 6 heteroatoms. The predicted molar refractivity (Wildman–Crippen MR) is 106 cm³/mol. The highest BCUT2D eigenvalue weighted by molar-refractivity contribution is 5.83. The Bertz CT molecular complexity index is 906. The molecule has 0 spiro atoms. The van der Waals surface area contributed by atoms with E-state index >= 15 is 0 Å². The highest BCUT2D eigenvalue weighted by Gasteiger charge is 2.07. The van der Waals surface area contributed by atoms with E-state index < -0.39 is 0 Å². The maximum Gasteiger partial charge on any atom is 0.191 e. The number of ether oxygens (including phenoxy) is 1. The number of aromatic nitrogens is 1. The molecular weight excluding hydrogens is 343 g/mol. The van der Waals surface area contributed by atoms with E-state index in [0.29, 0.717) is 24.8 Å². The van der Waals surface area contributed by atoms with Gasteiger partial charge in [-0.05, 0) is 48.9 Å². The molecule has 0 fully saturated rings. The van der Waals surface area contributed by atoms with Gasteiger partial charge in [0.2, 0.25) is 0 Å². The summed E-state index contributed by atoms with van der Waals surface area (Å²) in [5.41, 5.74) is 2.13. The largest absolute Gasteiger partial charge is 0.489 e. The Morgan fingerprint density at radius 2 is 1.89 bits per heavy atom. The summed E-state index contributed by atoms with van der Waals surface area (Å²) >= 11 is 0. The minimum Gasteiger partial charge on any atom is -0.489 e. The fraction of sp³-hybridized carbons (Fsp3) is 0.238. The van der Waals surface area contributed by atoms with Crippen LogP contribution in [-0.4, -0.2) is 30.6 Å². The number of guanidine groups is 1. The number of para-hydroxylation sites is 1. The molecule has 1 aromatic heterocycles. The fourth-order valence-electron chi connectivity index (χ4n) is 2.74. The average Bonchev–Trinajstić information content (AvgIpc) is 2.70. The van der Waals surface area contributed by atoms with Crippen LogP contribution < -0.4 is 15.4 Å². The van der Waals surface area contributed by atoms with Crippen molar-refractivity contribution in [3.8, 4) is 5.75 Å². The van der Waals surface area contributed by atoms with Crippen LogP contribution in [0.4, 0.5) is 4.39 Å². The monoisotopic (exact) mass is 366 g/mol. The second-order valence-electron chi connectivity index (χ2n) is 6.18. The lowest BCUT2D eigenvalue weighted by atomic mass is 10.1.